The molecule has 0 amide bonds. The van der Waals surface area contributed by atoms with Crippen LogP contribution in [-0.4, -0.2) is 18.3 Å². The number of furan rings is 1. The first kappa shape index (κ1) is 31.6. The molecule has 0 unspecified atom stereocenters. The van der Waals surface area contributed by atoms with Crippen molar-refractivity contribution in [3.8, 4) is 22.3 Å². The second kappa shape index (κ2) is 11.3. The number of fused-ring (bicyclic) bond motifs is 8. The van der Waals surface area contributed by atoms with E-state index >= 15 is 0 Å². The largest absolute Gasteiger partial charge is 0.496 e. The summed E-state index contributed by atoms with van der Waals surface area (Å²) in [5.41, 5.74) is 6.83. The van der Waals surface area contributed by atoms with Crippen LogP contribution in [0.5, 0.6) is 0 Å². The van der Waals surface area contributed by atoms with Crippen LogP contribution in [-0.2, 0) is 9.31 Å². The van der Waals surface area contributed by atoms with E-state index in [1.807, 2.05) is 0 Å². The molecule has 1 aromatic heterocycles. The maximum atomic E-state index is 6.76. The first-order valence-electron chi connectivity index (χ1n) is 18.9. The summed E-state index contributed by atoms with van der Waals surface area (Å²) in [7, 11) is -0.498. The summed E-state index contributed by atoms with van der Waals surface area (Å²) in [6.45, 7) is 8.50. The molecule has 1 aliphatic heterocycles. The normalized spacial score (nSPS) is 15.5. The molecule has 0 bridgehead atoms. The summed E-state index contributed by atoms with van der Waals surface area (Å²) in [6.07, 6.45) is 0. The zero-order valence-corrected chi connectivity index (χ0v) is 30.7. The summed E-state index contributed by atoms with van der Waals surface area (Å²) >= 11 is 0. The van der Waals surface area contributed by atoms with Gasteiger partial charge in [0.25, 0.3) is 0 Å². The SMILES string of the molecule is CC1(C)OB(c2c3ccccc3c(-c3c4ccccc4c(-c4ccc5oc6cc7ccccc7cc6c5c4)c4ccccc34)c3ccccc23)OC1(C)C. The topological polar surface area (TPSA) is 31.6 Å². The molecular weight excluding hydrogens is 659 g/mol. The van der Waals surface area contributed by atoms with Gasteiger partial charge in [-0.05, 0) is 134 Å². The number of rotatable bonds is 3. The van der Waals surface area contributed by atoms with Gasteiger partial charge in [0.15, 0.2) is 0 Å². The van der Waals surface area contributed by atoms with Crippen molar-refractivity contribution in [2.45, 2.75) is 38.9 Å². The number of benzene rings is 9. The van der Waals surface area contributed by atoms with Gasteiger partial charge in [-0.25, -0.2) is 0 Å². The molecular formula is C50H37BO3. The van der Waals surface area contributed by atoms with E-state index in [0.717, 1.165) is 38.2 Å². The predicted molar refractivity (Wildman–Crippen MR) is 228 cm³/mol. The molecule has 0 aliphatic carbocycles. The van der Waals surface area contributed by atoms with E-state index in [1.54, 1.807) is 0 Å². The Hall–Kier alpha value is -5.94. The lowest BCUT2D eigenvalue weighted by molar-refractivity contribution is 0.00578. The molecule has 54 heavy (non-hydrogen) atoms. The second-order valence-corrected chi connectivity index (χ2v) is 15.8. The van der Waals surface area contributed by atoms with Crippen LogP contribution in [0.4, 0.5) is 0 Å². The minimum atomic E-state index is -0.498. The van der Waals surface area contributed by atoms with Crippen LogP contribution >= 0.6 is 0 Å². The Morgan fingerprint density at radius 1 is 0.370 bits per heavy atom. The molecule has 1 saturated heterocycles. The molecule has 0 saturated carbocycles. The smallest absolute Gasteiger partial charge is 0.456 e. The van der Waals surface area contributed by atoms with Gasteiger partial charge in [0.05, 0.1) is 11.2 Å². The molecule has 258 valence electrons. The summed E-state index contributed by atoms with van der Waals surface area (Å²) in [6, 6.07) is 55.0. The van der Waals surface area contributed by atoms with Crippen molar-refractivity contribution < 1.29 is 13.7 Å². The summed E-state index contributed by atoms with van der Waals surface area (Å²) in [5.74, 6) is 0. The zero-order chi connectivity index (χ0) is 36.3. The Kier molecular flexibility index (Phi) is 6.60. The molecule has 4 heteroatoms. The van der Waals surface area contributed by atoms with Crippen LogP contribution < -0.4 is 5.46 Å². The van der Waals surface area contributed by atoms with E-state index in [-0.39, 0.29) is 0 Å². The van der Waals surface area contributed by atoms with Crippen LogP contribution in [0.3, 0.4) is 0 Å². The first-order valence-corrected chi connectivity index (χ1v) is 18.9. The predicted octanol–water partition coefficient (Wildman–Crippen LogP) is 13.0. The van der Waals surface area contributed by atoms with Crippen molar-refractivity contribution in [3.63, 3.8) is 0 Å². The highest BCUT2D eigenvalue weighted by atomic mass is 16.7. The Labute approximate surface area is 313 Å². The summed E-state index contributed by atoms with van der Waals surface area (Å²) < 4.78 is 20.0. The van der Waals surface area contributed by atoms with Crippen LogP contribution in [0.1, 0.15) is 27.7 Å². The van der Waals surface area contributed by atoms with E-state index in [2.05, 4.69) is 179 Å². The molecule has 0 N–H and O–H groups in total. The van der Waals surface area contributed by atoms with E-state index in [0.29, 0.717) is 0 Å². The Balaban J connectivity index is 1.22. The monoisotopic (exact) mass is 696 g/mol. The maximum absolute atomic E-state index is 6.76. The molecule has 1 fully saturated rings. The molecule has 3 nitrogen and oxygen atoms in total. The van der Waals surface area contributed by atoms with Gasteiger partial charge in [-0.15, -0.1) is 0 Å². The van der Waals surface area contributed by atoms with Crippen molar-refractivity contribution in [3.05, 3.63) is 152 Å². The molecule has 0 spiro atoms. The highest BCUT2D eigenvalue weighted by Gasteiger charge is 2.52. The number of hydrogen-bond donors (Lipinski definition) is 0. The van der Waals surface area contributed by atoms with Gasteiger partial charge < -0.3 is 13.7 Å². The third-order valence-corrected chi connectivity index (χ3v) is 12.3. The minimum Gasteiger partial charge on any atom is -0.456 e. The van der Waals surface area contributed by atoms with Crippen molar-refractivity contribution in [1.82, 2.24) is 0 Å². The molecule has 1 aliphatic rings. The zero-order valence-electron chi connectivity index (χ0n) is 30.7. The minimum absolute atomic E-state index is 0.458. The van der Waals surface area contributed by atoms with E-state index in [1.165, 1.54) is 65.3 Å². The highest BCUT2D eigenvalue weighted by molar-refractivity contribution is 6.69. The average Bonchev–Trinajstić information content (AvgIpc) is 3.65. The van der Waals surface area contributed by atoms with Gasteiger partial charge in [0.1, 0.15) is 11.2 Å². The lowest BCUT2D eigenvalue weighted by Crippen LogP contribution is -2.41. The van der Waals surface area contributed by atoms with Crippen molar-refractivity contribution in [2.24, 2.45) is 0 Å². The molecule has 10 aromatic rings. The molecule has 2 heterocycles. The third-order valence-electron chi connectivity index (χ3n) is 12.3. The fraction of sp³-hybridized carbons (Fsp3) is 0.120. The van der Waals surface area contributed by atoms with Gasteiger partial charge >= 0.3 is 7.12 Å². The van der Waals surface area contributed by atoms with Crippen molar-refractivity contribution in [1.29, 1.82) is 0 Å². The molecule has 9 aromatic carbocycles. The Morgan fingerprint density at radius 2 is 0.778 bits per heavy atom. The fourth-order valence-electron chi connectivity index (χ4n) is 8.97. The molecule has 0 radical (unpaired) electrons. The van der Waals surface area contributed by atoms with Crippen molar-refractivity contribution >= 4 is 88.4 Å². The molecule has 11 rings (SSSR count). The lowest BCUT2D eigenvalue weighted by atomic mass is 9.71. The number of hydrogen-bond acceptors (Lipinski definition) is 3. The van der Waals surface area contributed by atoms with Gasteiger partial charge in [-0.3, -0.25) is 0 Å². The quantitative estimate of drug-likeness (QED) is 0.136. The van der Waals surface area contributed by atoms with Gasteiger partial charge in [-0.2, -0.15) is 0 Å². The van der Waals surface area contributed by atoms with Gasteiger partial charge in [0, 0.05) is 10.8 Å². The first-order chi connectivity index (χ1) is 26.3. The van der Waals surface area contributed by atoms with E-state index < -0.39 is 18.3 Å². The van der Waals surface area contributed by atoms with Gasteiger partial charge in [0.2, 0.25) is 0 Å². The lowest BCUT2D eigenvalue weighted by Gasteiger charge is -2.32. The van der Waals surface area contributed by atoms with Crippen molar-refractivity contribution in [2.75, 3.05) is 0 Å². The van der Waals surface area contributed by atoms with E-state index in [9.17, 15) is 0 Å². The highest BCUT2D eigenvalue weighted by Crippen LogP contribution is 2.49. The summed E-state index contributed by atoms with van der Waals surface area (Å²) in [4.78, 5) is 0. The summed E-state index contributed by atoms with van der Waals surface area (Å²) in [5, 5.41) is 14.2. The standard InChI is InChI=1S/C50H37BO3/c1-49(2)50(3,4)54-51(53-49)48-39-23-13-11-21-37(39)47(38-22-12-14-24-40(38)48)46-35-19-9-7-17-33(35)45(34-18-8-10-20-36(34)46)32-25-26-43-41(28-32)42-27-30-15-5-6-16-31(30)29-44(42)52-43/h5-29H,1-4H3. The Morgan fingerprint density at radius 3 is 1.30 bits per heavy atom. The Bertz CT molecular complexity index is 3060. The van der Waals surface area contributed by atoms with Gasteiger partial charge in [-0.1, -0.05) is 127 Å². The van der Waals surface area contributed by atoms with Crippen LogP contribution in [0.15, 0.2) is 156 Å². The van der Waals surface area contributed by atoms with Crippen LogP contribution in [0, 0.1) is 0 Å². The maximum Gasteiger partial charge on any atom is 0.496 e. The second-order valence-electron chi connectivity index (χ2n) is 15.8. The third kappa shape index (κ3) is 4.45. The van der Waals surface area contributed by atoms with E-state index in [4.69, 9.17) is 13.7 Å². The average molecular weight is 697 g/mol. The van der Waals surface area contributed by atoms with Crippen LogP contribution in [0.2, 0.25) is 0 Å². The fourth-order valence-corrected chi connectivity index (χ4v) is 8.97. The molecule has 0 atom stereocenters. The van der Waals surface area contributed by atoms with Crippen LogP contribution in [0.25, 0.3) is 98.1 Å².